The minimum absolute atomic E-state index is 0.00102. The van der Waals surface area contributed by atoms with Gasteiger partial charge in [0.15, 0.2) is 0 Å². The van der Waals surface area contributed by atoms with E-state index in [-0.39, 0.29) is 39.2 Å². The third-order valence-electron chi connectivity index (χ3n) is 18.1. The van der Waals surface area contributed by atoms with Gasteiger partial charge in [0.05, 0.1) is 5.69 Å². The van der Waals surface area contributed by atoms with Crippen LogP contribution in [0.4, 0.5) is 51.2 Å². The number of fused-ring (bicyclic) bond motifs is 6. The third kappa shape index (κ3) is 7.90. The van der Waals surface area contributed by atoms with Gasteiger partial charge in [0.2, 0.25) is 0 Å². The summed E-state index contributed by atoms with van der Waals surface area (Å²) in [6, 6.07) is 61.5. The van der Waals surface area contributed by atoms with Gasteiger partial charge < -0.3 is 14.7 Å². The maximum absolute atomic E-state index is 2.71. The molecule has 0 bridgehead atoms. The fourth-order valence-corrected chi connectivity index (χ4v) is 14.7. The SMILES string of the molecule is Cc1cc2c3c(c1)N(c1ccc(C(C)(C)C)cc1-c1ccc4c(c1)C(C)(C)CC4(C)C)c1cc4c(cc1B3c1ccc(N(c3ccccc3)c3ccccc3)cc1N2c1cc(C(C)(C)C)ccc1C)C(C)(C)CC4(C)C. The van der Waals surface area contributed by atoms with E-state index in [4.69, 9.17) is 0 Å². The third-order valence-corrected chi connectivity index (χ3v) is 18.1. The van der Waals surface area contributed by atoms with E-state index in [0.717, 1.165) is 29.9 Å². The van der Waals surface area contributed by atoms with Gasteiger partial charge in [0.1, 0.15) is 0 Å². The number of rotatable bonds is 6. The quantitative estimate of drug-likeness (QED) is 0.154. The van der Waals surface area contributed by atoms with Crippen molar-refractivity contribution in [3.8, 4) is 11.1 Å². The number of benzene rings is 8. The molecule has 0 unspecified atom stereocenters. The molecule has 0 atom stereocenters. The summed E-state index contributed by atoms with van der Waals surface area (Å²) in [5.41, 5.74) is 28.6. The first-order valence-corrected chi connectivity index (χ1v) is 28.1. The molecule has 0 N–H and O–H groups in total. The van der Waals surface area contributed by atoms with Crippen molar-refractivity contribution in [1.82, 2.24) is 0 Å². The molecule has 0 saturated carbocycles. The molecule has 0 aromatic heterocycles. The maximum Gasteiger partial charge on any atom is 0.252 e. The summed E-state index contributed by atoms with van der Waals surface area (Å²) in [7, 11) is 0. The summed E-state index contributed by atoms with van der Waals surface area (Å²) in [5, 5.41) is 0. The van der Waals surface area contributed by atoms with Crippen LogP contribution in [0.2, 0.25) is 0 Å². The lowest BCUT2D eigenvalue weighted by atomic mass is 9.33. The van der Waals surface area contributed by atoms with Gasteiger partial charge in [-0.15, -0.1) is 0 Å². The summed E-state index contributed by atoms with van der Waals surface area (Å²) in [6.07, 6.45) is 2.23. The first kappa shape index (κ1) is 50.1. The molecule has 384 valence electrons. The Labute approximate surface area is 456 Å². The molecule has 2 aliphatic heterocycles. The molecule has 0 amide bonds. The van der Waals surface area contributed by atoms with E-state index in [1.807, 2.05) is 0 Å². The minimum atomic E-state index is -0.0518. The first-order valence-electron chi connectivity index (χ1n) is 28.1. The highest BCUT2D eigenvalue weighted by Crippen LogP contribution is 2.56. The zero-order chi connectivity index (χ0) is 53.8. The van der Waals surface area contributed by atoms with Crippen molar-refractivity contribution in [2.24, 2.45) is 0 Å². The van der Waals surface area contributed by atoms with Crippen LogP contribution < -0.4 is 31.1 Å². The fourth-order valence-electron chi connectivity index (χ4n) is 14.7. The predicted octanol–water partition coefficient (Wildman–Crippen LogP) is 18.0. The minimum Gasteiger partial charge on any atom is -0.311 e. The van der Waals surface area contributed by atoms with E-state index in [9.17, 15) is 0 Å². The van der Waals surface area contributed by atoms with Gasteiger partial charge in [-0.1, -0.05) is 182 Å². The van der Waals surface area contributed by atoms with E-state index in [0.29, 0.717) is 0 Å². The number of anilines is 9. The van der Waals surface area contributed by atoms with Crippen molar-refractivity contribution in [3.63, 3.8) is 0 Å². The molecule has 2 heterocycles. The van der Waals surface area contributed by atoms with Crippen LogP contribution in [0, 0.1) is 13.8 Å². The molecule has 8 aromatic rings. The molecule has 0 radical (unpaired) electrons. The highest BCUT2D eigenvalue weighted by Gasteiger charge is 2.49. The van der Waals surface area contributed by atoms with Crippen molar-refractivity contribution in [2.75, 3.05) is 14.7 Å². The topological polar surface area (TPSA) is 9.72 Å². The summed E-state index contributed by atoms with van der Waals surface area (Å²) >= 11 is 0. The molecular formula is C72H78BN3. The second-order valence-corrected chi connectivity index (χ2v) is 27.9. The van der Waals surface area contributed by atoms with Crippen molar-refractivity contribution < 1.29 is 0 Å². The summed E-state index contributed by atoms with van der Waals surface area (Å²) in [5.74, 6) is 0. The van der Waals surface area contributed by atoms with E-state index < -0.39 is 0 Å². The highest BCUT2D eigenvalue weighted by atomic mass is 15.2. The fraction of sp³-hybridized carbons (Fsp3) is 0.333. The number of hydrogen-bond acceptors (Lipinski definition) is 3. The molecule has 76 heavy (non-hydrogen) atoms. The van der Waals surface area contributed by atoms with E-state index in [1.54, 1.807) is 0 Å². The van der Waals surface area contributed by atoms with Crippen LogP contribution in [0.5, 0.6) is 0 Å². The Balaban J connectivity index is 1.19. The zero-order valence-electron chi connectivity index (χ0n) is 48.3. The Morgan fingerprint density at radius 3 is 1.51 bits per heavy atom. The standard InChI is InChI=1S/C72H78BN3/c1-45-35-64-66-65(36-45)76(61-39-49(68(6,7)8)29-27-46(61)2)62-40-52(74(50-23-19-17-20-24-50)51-25-21-18-22-26-51)31-33-58(62)73(66)59-41-56-57(72(15,16)44-71(56,13)14)42-63(59)75(64)60-34-30-48(67(3,4)5)38-53(60)47-28-32-54-55(37-47)70(11,12)43-69(54,9)10/h17-42H,43-44H2,1-16H3. The van der Waals surface area contributed by atoms with Crippen molar-refractivity contribution >= 4 is 74.3 Å². The molecule has 4 aliphatic rings. The predicted molar refractivity (Wildman–Crippen MR) is 329 cm³/mol. The lowest BCUT2D eigenvalue weighted by Gasteiger charge is -2.46. The van der Waals surface area contributed by atoms with Crippen LogP contribution in [0.15, 0.2) is 158 Å². The number of aryl methyl sites for hydroxylation is 2. The van der Waals surface area contributed by atoms with Crippen molar-refractivity contribution in [1.29, 1.82) is 0 Å². The Hall–Kier alpha value is -6.78. The number of para-hydroxylation sites is 2. The van der Waals surface area contributed by atoms with Crippen molar-refractivity contribution in [2.45, 2.75) is 156 Å². The Bertz CT molecular complexity index is 3620. The summed E-state index contributed by atoms with van der Waals surface area (Å²) in [4.78, 5) is 7.79. The second-order valence-electron chi connectivity index (χ2n) is 27.9. The largest absolute Gasteiger partial charge is 0.311 e. The average Bonchev–Trinajstić information content (AvgIpc) is 3.79. The zero-order valence-corrected chi connectivity index (χ0v) is 48.3. The molecule has 3 nitrogen and oxygen atoms in total. The lowest BCUT2D eigenvalue weighted by molar-refractivity contribution is 0.403. The molecular weight excluding hydrogens is 918 g/mol. The van der Waals surface area contributed by atoms with Gasteiger partial charge in [-0.05, 0) is 198 Å². The van der Waals surface area contributed by atoms with Gasteiger partial charge in [0.25, 0.3) is 6.71 Å². The summed E-state index contributed by atoms with van der Waals surface area (Å²) < 4.78 is 0. The molecule has 8 aromatic carbocycles. The van der Waals surface area contributed by atoms with Crippen LogP contribution in [-0.4, -0.2) is 6.71 Å². The first-order chi connectivity index (χ1) is 35.7. The Morgan fingerprint density at radius 2 is 0.921 bits per heavy atom. The van der Waals surface area contributed by atoms with Gasteiger partial charge in [0, 0.05) is 51.1 Å². The molecule has 12 rings (SSSR count). The second kappa shape index (κ2) is 16.9. The lowest BCUT2D eigenvalue weighted by Crippen LogP contribution is -2.61. The van der Waals surface area contributed by atoms with Gasteiger partial charge >= 0.3 is 0 Å². The van der Waals surface area contributed by atoms with E-state index in [2.05, 4.69) is 283 Å². The van der Waals surface area contributed by atoms with Crippen LogP contribution in [0.25, 0.3) is 11.1 Å². The van der Waals surface area contributed by atoms with Crippen LogP contribution in [0.3, 0.4) is 0 Å². The molecule has 4 heteroatoms. The van der Waals surface area contributed by atoms with E-state index in [1.165, 1.54) is 106 Å². The Kier molecular flexibility index (Phi) is 11.1. The van der Waals surface area contributed by atoms with Crippen molar-refractivity contribution in [3.05, 3.63) is 202 Å². The van der Waals surface area contributed by atoms with Crippen LogP contribution >= 0.6 is 0 Å². The van der Waals surface area contributed by atoms with E-state index >= 15 is 0 Å². The maximum atomic E-state index is 2.71. The molecule has 0 saturated heterocycles. The number of hydrogen-bond donors (Lipinski definition) is 0. The Morgan fingerprint density at radius 1 is 0.408 bits per heavy atom. The number of nitrogens with zero attached hydrogens (tertiary/aromatic N) is 3. The normalized spacial score (nSPS) is 17.2. The van der Waals surface area contributed by atoms with Gasteiger partial charge in [-0.25, -0.2) is 0 Å². The average molecular weight is 996 g/mol. The molecule has 0 fully saturated rings. The van der Waals surface area contributed by atoms with Gasteiger partial charge in [-0.3, -0.25) is 0 Å². The smallest absolute Gasteiger partial charge is 0.252 e. The monoisotopic (exact) mass is 996 g/mol. The van der Waals surface area contributed by atoms with Crippen LogP contribution in [-0.2, 0) is 32.5 Å². The molecule has 2 aliphatic carbocycles. The van der Waals surface area contributed by atoms with Gasteiger partial charge in [-0.2, -0.15) is 0 Å². The highest BCUT2D eigenvalue weighted by molar-refractivity contribution is 7.00. The molecule has 0 spiro atoms. The van der Waals surface area contributed by atoms with Crippen LogP contribution in [0.1, 0.15) is 154 Å². The summed E-state index contributed by atoms with van der Waals surface area (Å²) in [6.45, 7) is 38.4.